The molecule has 1 aromatic carbocycles. The fourth-order valence-corrected chi connectivity index (χ4v) is 1.66. The highest BCUT2D eigenvalue weighted by atomic mass is 19.2. The summed E-state index contributed by atoms with van der Waals surface area (Å²) in [6.45, 7) is 1.82. The van der Waals surface area contributed by atoms with E-state index in [1.54, 1.807) is 6.92 Å². The highest BCUT2D eigenvalue weighted by Crippen LogP contribution is 2.24. The molecule has 0 heterocycles. The molecule has 0 atom stereocenters. The van der Waals surface area contributed by atoms with Crippen molar-refractivity contribution in [2.45, 2.75) is 19.9 Å². The first-order chi connectivity index (χ1) is 8.93. The maximum absolute atomic E-state index is 13.4. The van der Waals surface area contributed by atoms with Crippen LogP contribution in [0.1, 0.15) is 18.9 Å². The molecule has 0 bridgehead atoms. The molecule has 7 heteroatoms. The third-order valence-corrected chi connectivity index (χ3v) is 2.76. The van der Waals surface area contributed by atoms with Gasteiger partial charge < -0.3 is 5.11 Å². The SMILES string of the molecule is CCN(CCCO)Cc1c(F)c(F)c(F)c(F)c1F. The van der Waals surface area contributed by atoms with Crippen molar-refractivity contribution in [1.29, 1.82) is 0 Å². The predicted octanol–water partition coefficient (Wildman–Crippen LogP) is 2.59. The van der Waals surface area contributed by atoms with Crippen molar-refractivity contribution < 1.29 is 27.1 Å². The first-order valence-corrected chi connectivity index (χ1v) is 5.77. The third kappa shape index (κ3) is 3.42. The molecular weight excluding hydrogens is 269 g/mol. The van der Waals surface area contributed by atoms with Gasteiger partial charge in [0.1, 0.15) is 0 Å². The summed E-state index contributed by atoms with van der Waals surface area (Å²) in [5.41, 5.74) is -0.851. The van der Waals surface area contributed by atoms with Gasteiger partial charge in [-0.2, -0.15) is 0 Å². The van der Waals surface area contributed by atoms with Crippen LogP contribution in [0.15, 0.2) is 0 Å². The second-order valence-corrected chi connectivity index (χ2v) is 3.99. The molecule has 108 valence electrons. The van der Waals surface area contributed by atoms with Gasteiger partial charge in [-0.25, -0.2) is 22.0 Å². The molecule has 1 N–H and O–H groups in total. The third-order valence-electron chi connectivity index (χ3n) is 2.76. The molecule has 19 heavy (non-hydrogen) atoms. The van der Waals surface area contributed by atoms with Crippen LogP contribution >= 0.6 is 0 Å². The van der Waals surface area contributed by atoms with Crippen molar-refractivity contribution in [2.24, 2.45) is 0 Å². The summed E-state index contributed by atoms with van der Waals surface area (Å²) >= 11 is 0. The number of benzene rings is 1. The first kappa shape index (κ1) is 15.8. The van der Waals surface area contributed by atoms with Gasteiger partial charge in [0.15, 0.2) is 23.3 Å². The van der Waals surface area contributed by atoms with Gasteiger partial charge in [-0.1, -0.05) is 6.92 Å². The molecule has 1 rings (SSSR count). The summed E-state index contributed by atoms with van der Waals surface area (Å²) < 4.78 is 65.7. The maximum atomic E-state index is 13.4. The highest BCUT2D eigenvalue weighted by molar-refractivity contribution is 5.24. The van der Waals surface area contributed by atoms with Gasteiger partial charge in [0.05, 0.1) is 0 Å². The standard InChI is InChI=1S/C12H14F5NO/c1-2-18(4-3-5-19)6-7-8(13)10(15)12(17)11(16)9(7)14/h19H,2-6H2,1H3. The second-order valence-electron chi connectivity index (χ2n) is 3.99. The molecule has 0 aliphatic carbocycles. The van der Waals surface area contributed by atoms with Gasteiger partial charge in [-0.3, -0.25) is 4.90 Å². The highest BCUT2D eigenvalue weighted by Gasteiger charge is 2.26. The number of hydrogen-bond donors (Lipinski definition) is 1. The zero-order chi connectivity index (χ0) is 14.6. The smallest absolute Gasteiger partial charge is 0.200 e. The number of aliphatic hydroxyl groups is 1. The molecule has 0 spiro atoms. The van der Waals surface area contributed by atoms with Crippen LogP contribution in [0.5, 0.6) is 0 Å². The molecule has 0 aromatic heterocycles. The first-order valence-electron chi connectivity index (χ1n) is 5.77. The van der Waals surface area contributed by atoms with Crippen molar-refractivity contribution in [3.8, 4) is 0 Å². The Bertz CT molecular complexity index is 423. The molecule has 2 nitrogen and oxygen atoms in total. The normalized spacial score (nSPS) is 11.4. The summed E-state index contributed by atoms with van der Waals surface area (Å²) in [7, 11) is 0. The van der Waals surface area contributed by atoms with Crippen molar-refractivity contribution in [1.82, 2.24) is 4.90 Å². The Morgan fingerprint density at radius 1 is 0.895 bits per heavy atom. The van der Waals surface area contributed by atoms with E-state index in [0.29, 0.717) is 19.5 Å². The largest absolute Gasteiger partial charge is 0.396 e. The van der Waals surface area contributed by atoms with Gasteiger partial charge in [0.25, 0.3) is 0 Å². The summed E-state index contributed by atoms with van der Waals surface area (Å²) in [4.78, 5) is 1.48. The quantitative estimate of drug-likeness (QED) is 0.493. The molecule has 0 fully saturated rings. The van der Waals surface area contributed by atoms with E-state index in [0.717, 1.165) is 0 Å². The average Bonchev–Trinajstić information content (AvgIpc) is 2.42. The average molecular weight is 283 g/mol. The Kier molecular flexibility index (Phi) is 5.68. The molecule has 0 saturated carbocycles. The monoisotopic (exact) mass is 283 g/mol. The fourth-order valence-electron chi connectivity index (χ4n) is 1.66. The summed E-state index contributed by atoms with van der Waals surface area (Å²) in [6, 6.07) is 0. The van der Waals surface area contributed by atoms with E-state index >= 15 is 0 Å². The van der Waals surface area contributed by atoms with Gasteiger partial charge in [0.2, 0.25) is 5.82 Å². The zero-order valence-electron chi connectivity index (χ0n) is 10.3. The Morgan fingerprint density at radius 3 is 1.79 bits per heavy atom. The van der Waals surface area contributed by atoms with Gasteiger partial charge in [-0.15, -0.1) is 0 Å². The minimum Gasteiger partial charge on any atom is -0.396 e. The number of nitrogens with zero attached hydrogens (tertiary/aromatic N) is 1. The predicted molar refractivity (Wildman–Crippen MR) is 58.9 cm³/mol. The molecular formula is C12H14F5NO. The van der Waals surface area contributed by atoms with E-state index in [9.17, 15) is 22.0 Å². The van der Waals surface area contributed by atoms with Gasteiger partial charge >= 0.3 is 0 Å². The fraction of sp³-hybridized carbons (Fsp3) is 0.500. The van der Waals surface area contributed by atoms with E-state index in [2.05, 4.69) is 0 Å². The number of hydrogen-bond acceptors (Lipinski definition) is 2. The zero-order valence-corrected chi connectivity index (χ0v) is 10.3. The van der Waals surface area contributed by atoms with Crippen molar-refractivity contribution in [3.05, 3.63) is 34.6 Å². The maximum Gasteiger partial charge on any atom is 0.200 e. The molecule has 0 unspecified atom stereocenters. The lowest BCUT2D eigenvalue weighted by molar-refractivity contribution is 0.219. The lowest BCUT2D eigenvalue weighted by Gasteiger charge is -2.20. The van der Waals surface area contributed by atoms with Crippen LogP contribution in [0, 0.1) is 29.1 Å². The van der Waals surface area contributed by atoms with E-state index in [-0.39, 0.29) is 6.61 Å². The summed E-state index contributed by atoms with van der Waals surface area (Å²) in [5, 5.41) is 8.67. The molecule has 0 aliphatic heterocycles. The Balaban J connectivity index is 3.06. The van der Waals surface area contributed by atoms with Crippen molar-refractivity contribution >= 4 is 0 Å². The van der Waals surface area contributed by atoms with Crippen LogP contribution < -0.4 is 0 Å². The van der Waals surface area contributed by atoms with E-state index in [1.807, 2.05) is 0 Å². The summed E-state index contributed by atoms with van der Waals surface area (Å²) in [5.74, 6) is -9.64. The second kappa shape index (κ2) is 6.81. The van der Waals surface area contributed by atoms with Gasteiger partial charge in [0, 0.05) is 25.3 Å². The molecule has 0 saturated heterocycles. The Labute approximate surface area is 107 Å². The lowest BCUT2D eigenvalue weighted by Crippen LogP contribution is -2.26. The van der Waals surface area contributed by atoms with E-state index < -0.39 is 41.2 Å². The van der Waals surface area contributed by atoms with E-state index in [4.69, 9.17) is 5.11 Å². The van der Waals surface area contributed by atoms with Crippen LogP contribution in [0.25, 0.3) is 0 Å². The van der Waals surface area contributed by atoms with Crippen molar-refractivity contribution in [3.63, 3.8) is 0 Å². The van der Waals surface area contributed by atoms with Crippen molar-refractivity contribution in [2.75, 3.05) is 19.7 Å². The number of rotatable bonds is 6. The number of aliphatic hydroxyl groups excluding tert-OH is 1. The Morgan fingerprint density at radius 2 is 1.37 bits per heavy atom. The topological polar surface area (TPSA) is 23.5 Å². The van der Waals surface area contributed by atoms with Crippen LogP contribution in [0.3, 0.4) is 0 Å². The minimum atomic E-state index is -2.16. The van der Waals surface area contributed by atoms with Crippen LogP contribution in [0.2, 0.25) is 0 Å². The van der Waals surface area contributed by atoms with Gasteiger partial charge in [-0.05, 0) is 13.0 Å². The number of halogens is 5. The molecule has 0 amide bonds. The molecule has 1 aromatic rings. The van der Waals surface area contributed by atoms with E-state index in [1.165, 1.54) is 4.90 Å². The van der Waals surface area contributed by atoms with Crippen LogP contribution in [-0.2, 0) is 6.54 Å². The van der Waals surface area contributed by atoms with Crippen LogP contribution in [0.4, 0.5) is 22.0 Å². The summed E-state index contributed by atoms with van der Waals surface area (Å²) in [6.07, 6.45) is 0.350. The lowest BCUT2D eigenvalue weighted by atomic mass is 10.1. The molecule has 0 aliphatic rings. The minimum absolute atomic E-state index is 0.117. The van der Waals surface area contributed by atoms with Crippen LogP contribution in [-0.4, -0.2) is 29.7 Å². The Hall–Kier alpha value is -1.21. The molecule has 0 radical (unpaired) electrons.